The van der Waals surface area contributed by atoms with Gasteiger partial charge >= 0.3 is 0 Å². The Hall–Kier alpha value is -2.79. The van der Waals surface area contributed by atoms with Crippen molar-refractivity contribution in [2.45, 2.75) is 0 Å². The van der Waals surface area contributed by atoms with Crippen molar-refractivity contribution in [1.29, 1.82) is 0 Å². The molecule has 1 N–H and O–H groups in total. The Balaban J connectivity index is 1.64. The molecule has 0 spiro atoms. The second-order valence-corrected chi connectivity index (χ2v) is 5.64. The standard InChI is InChI=1S/C18H13FN2OS/c19-15-9-6-13(7-10-15)8-11-17(22)21-18-20-16(12-23-18)14-4-2-1-3-5-14/h1-12H,(H,20,21,22). The topological polar surface area (TPSA) is 42.0 Å². The van der Waals surface area contributed by atoms with Crippen molar-refractivity contribution in [2.75, 3.05) is 5.32 Å². The fourth-order valence-electron chi connectivity index (χ4n) is 1.97. The molecule has 114 valence electrons. The van der Waals surface area contributed by atoms with E-state index in [1.807, 2.05) is 35.7 Å². The number of nitrogens with one attached hydrogen (secondary N) is 1. The van der Waals surface area contributed by atoms with E-state index in [-0.39, 0.29) is 11.7 Å². The van der Waals surface area contributed by atoms with E-state index in [1.54, 1.807) is 18.2 Å². The van der Waals surface area contributed by atoms with Gasteiger partial charge in [0.25, 0.3) is 0 Å². The van der Waals surface area contributed by atoms with Gasteiger partial charge in [0.05, 0.1) is 5.69 Å². The number of thiazole rings is 1. The summed E-state index contributed by atoms with van der Waals surface area (Å²) in [6, 6.07) is 15.7. The summed E-state index contributed by atoms with van der Waals surface area (Å²) in [4.78, 5) is 16.3. The van der Waals surface area contributed by atoms with Gasteiger partial charge in [-0.15, -0.1) is 11.3 Å². The quantitative estimate of drug-likeness (QED) is 0.713. The third-order valence-corrected chi connectivity index (χ3v) is 3.86. The zero-order valence-electron chi connectivity index (χ0n) is 12.1. The molecule has 0 aliphatic rings. The molecule has 1 aromatic heterocycles. The normalized spacial score (nSPS) is 10.8. The first-order chi connectivity index (χ1) is 11.2. The van der Waals surface area contributed by atoms with Crippen molar-refractivity contribution in [3.8, 4) is 11.3 Å². The summed E-state index contributed by atoms with van der Waals surface area (Å²) in [5.74, 6) is -0.578. The molecule has 3 rings (SSSR count). The number of aromatic nitrogens is 1. The van der Waals surface area contributed by atoms with Crippen LogP contribution in [0.2, 0.25) is 0 Å². The smallest absolute Gasteiger partial charge is 0.250 e. The molecule has 2 aromatic carbocycles. The molecule has 0 radical (unpaired) electrons. The zero-order valence-corrected chi connectivity index (χ0v) is 12.9. The van der Waals surface area contributed by atoms with Crippen LogP contribution in [0.5, 0.6) is 0 Å². The molecule has 0 saturated heterocycles. The van der Waals surface area contributed by atoms with Crippen LogP contribution in [0.3, 0.4) is 0 Å². The SMILES string of the molecule is O=C(C=Cc1ccc(F)cc1)Nc1nc(-c2ccccc2)cs1. The number of amides is 1. The maximum atomic E-state index is 12.8. The van der Waals surface area contributed by atoms with E-state index in [0.29, 0.717) is 5.13 Å². The van der Waals surface area contributed by atoms with Crippen LogP contribution in [-0.4, -0.2) is 10.9 Å². The summed E-state index contributed by atoms with van der Waals surface area (Å²) < 4.78 is 12.8. The van der Waals surface area contributed by atoms with Crippen molar-refractivity contribution >= 4 is 28.5 Å². The van der Waals surface area contributed by atoms with Gasteiger partial charge in [0.15, 0.2) is 5.13 Å². The van der Waals surface area contributed by atoms with E-state index < -0.39 is 0 Å². The lowest BCUT2D eigenvalue weighted by Gasteiger charge is -1.97. The molecule has 0 atom stereocenters. The molecule has 3 aromatic rings. The van der Waals surface area contributed by atoms with Gasteiger partial charge in [0, 0.05) is 17.0 Å². The van der Waals surface area contributed by atoms with Crippen molar-refractivity contribution in [2.24, 2.45) is 0 Å². The Morgan fingerprint density at radius 3 is 2.57 bits per heavy atom. The molecule has 3 nitrogen and oxygen atoms in total. The minimum atomic E-state index is -0.303. The molecule has 23 heavy (non-hydrogen) atoms. The molecule has 0 aliphatic heterocycles. The maximum absolute atomic E-state index is 12.8. The highest BCUT2D eigenvalue weighted by Crippen LogP contribution is 2.24. The van der Waals surface area contributed by atoms with Crippen molar-refractivity contribution < 1.29 is 9.18 Å². The first-order valence-electron chi connectivity index (χ1n) is 6.96. The average Bonchev–Trinajstić information content (AvgIpc) is 3.04. The van der Waals surface area contributed by atoms with Gasteiger partial charge in [-0.25, -0.2) is 9.37 Å². The molecule has 0 bridgehead atoms. The number of nitrogens with zero attached hydrogens (tertiary/aromatic N) is 1. The fraction of sp³-hybridized carbons (Fsp3) is 0. The molecule has 1 heterocycles. The lowest BCUT2D eigenvalue weighted by atomic mass is 10.2. The number of anilines is 1. The second kappa shape index (κ2) is 6.98. The van der Waals surface area contributed by atoms with Crippen LogP contribution in [0.1, 0.15) is 5.56 Å². The maximum Gasteiger partial charge on any atom is 0.250 e. The van der Waals surface area contributed by atoms with Gasteiger partial charge in [-0.05, 0) is 23.8 Å². The van der Waals surface area contributed by atoms with Gasteiger partial charge in [-0.2, -0.15) is 0 Å². The third-order valence-electron chi connectivity index (χ3n) is 3.10. The van der Waals surface area contributed by atoms with Crippen molar-refractivity contribution in [3.63, 3.8) is 0 Å². The lowest BCUT2D eigenvalue weighted by Crippen LogP contribution is -2.07. The predicted molar refractivity (Wildman–Crippen MR) is 91.6 cm³/mol. The van der Waals surface area contributed by atoms with E-state index in [2.05, 4.69) is 10.3 Å². The summed E-state index contributed by atoms with van der Waals surface area (Å²) in [5.41, 5.74) is 2.59. The molecular weight excluding hydrogens is 311 g/mol. The highest BCUT2D eigenvalue weighted by Gasteiger charge is 2.05. The Labute approximate surface area is 137 Å². The molecule has 0 saturated carbocycles. The van der Waals surface area contributed by atoms with Gasteiger partial charge in [-0.3, -0.25) is 10.1 Å². The van der Waals surface area contributed by atoms with Crippen molar-refractivity contribution in [3.05, 3.63) is 77.4 Å². The van der Waals surface area contributed by atoms with E-state index in [4.69, 9.17) is 0 Å². The highest BCUT2D eigenvalue weighted by atomic mass is 32.1. The average molecular weight is 324 g/mol. The van der Waals surface area contributed by atoms with Crippen LogP contribution in [0.25, 0.3) is 17.3 Å². The van der Waals surface area contributed by atoms with Gasteiger partial charge < -0.3 is 0 Å². The number of carbonyl (C=O) groups excluding carboxylic acids is 1. The molecular formula is C18H13FN2OS. The monoisotopic (exact) mass is 324 g/mol. The largest absolute Gasteiger partial charge is 0.298 e. The zero-order chi connectivity index (χ0) is 16.1. The number of halogens is 1. The van der Waals surface area contributed by atoms with E-state index in [1.165, 1.54) is 29.5 Å². The summed E-state index contributed by atoms with van der Waals surface area (Å²) in [6.45, 7) is 0. The first-order valence-corrected chi connectivity index (χ1v) is 7.84. The summed E-state index contributed by atoms with van der Waals surface area (Å²) >= 11 is 1.37. The number of hydrogen-bond donors (Lipinski definition) is 1. The van der Waals surface area contributed by atoms with Crippen LogP contribution >= 0.6 is 11.3 Å². The van der Waals surface area contributed by atoms with E-state index in [9.17, 15) is 9.18 Å². The Kier molecular flexibility index (Phi) is 4.59. The Morgan fingerprint density at radius 2 is 1.83 bits per heavy atom. The third kappa shape index (κ3) is 4.11. The highest BCUT2D eigenvalue weighted by molar-refractivity contribution is 7.14. The molecule has 5 heteroatoms. The van der Waals surface area contributed by atoms with Crippen LogP contribution in [-0.2, 0) is 4.79 Å². The van der Waals surface area contributed by atoms with E-state index in [0.717, 1.165) is 16.8 Å². The summed E-state index contributed by atoms with van der Waals surface area (Å²) in [5, 5.41) is 5.16. The van der Waals surface area contributed by atoms with Crippen LogP contribution in [0, 0.1) is 5.82 Å². The van der Waals surface area contributed by atoms with Crippen LogP contribution in [0.4, 0.5) is 9.52 Å². The molecule has 0 fully saturated rings. The number of carbonyl (C=O) groups is 1. The van der Waals surface area contributed by atoms with E-state index >= 15 is 0 Å². The molecule has 1 amide bonds. The minimum Gasteiger partial charge on any atom is -0.298 e. The minimum absolute atomic E-state index is 0.275. The Morgan fingerprint density at radius 1 is 1.09 bits per heavy atom. The van der Waals surface area contributed by atoms with Gasteiger partial charge in [0.1, 0.15) is 5.82 Å². The number of hydrogen-bond acceptors (Lipinski definition) is 3. The van der Waals surface area contributed by atoms with Crippen LogP contribution < -0.4 is 5.32 Å². The van der Waals surface area contributed by atoms with Gasteiger partial charge in [0.2, 0.25) is 5.91 Å². The second-order valence-electron chi connectivity index (χ2n) is 4.78. The summed E-state index contributed by atoms with van der Waals surface area (Å²) in [7, 11) is 0. The molecule has 0 aliphatic carbocycles. The first kappa shape index (κ1) is 15.1. The molecule has 0 unspecified atom stereocenters. The summed E-state index contributed by atoms with van der Waals surface area (Å²) in [6.07, 6.45) is 3.03. The fourth-order valence-corrected chi connectivity index (χ4v) is 2.69. The Bertz CT molecular complexity index is 826. The lowest BCUT2D eigenvalue weighted by molar-refractivity contribution is -0.111. The predicted octanol–water partition coefficient (Wildman–Crippen LogP) is 4.60. The van der Waals surface area contributed by atoms with Crippen LogP contribution in [0.15, 0.2) is 66.1 Å². The van der Waals surface area contributed by atoms with Gasteiger partial charge in [-0.1, -0.05) is 42.5 Å². The number of benzene rings is 2. The number of rotatable bonds is 4. The van der Waals surface area contributed by atoms with Crippen molar-refractivity contribution in [1.82, 2.24) is 4.98 Å².